The molecule has 0 radical (unpaired) electrons. The van der Waals surface area contributed by atoms with Crippen LogP contribution >= 0.6 is 0 Å². The molecule has 1 aliphatic carbocycles. The molecule has 0 saturated heterocycles. The Morgan fingerprint density at radius 1 is 1.05 bits per heavy atom. The second kappa shape index (κ2) is 7.04. The summed E-state index contributed by atoms with van der Waals surface area (Å²) in [6.07, 6.45) is 10.5. The Morgan fingerprint density at radius 3 is 2.71 bits per heavy atom. The van der Waals surface area contributed by atoms with Crippen molar-refractivity contribution in [2.75, 3.05) is 0 Å². The first-order valence-electron chi connectivity index (χ1n) is 8.41. The number of hydrogen-bond donors (Lipinski definition) is 1. The lowest BCUT2D eigenvalue weighted by Gasteiger charge is -2.22. The summed E-state index contributed by atoms with van der Waals surface area (Å²) >= 11 is 0. The van der Waals surface area contributed by atoms with Crippen LogP contribution in [-0.2, 0) is 6.42 Å². The van der Waals surface area contributed by atoms with Gasteiger partial charge in [-0.25, -0.2) is 0 Å². The molecule has 1 aromatic carbocycles. The van der Waals surface area contributed by atoms with Crippen LogP contribution < -0.4 is 5.73 Å². The van der Waals surface area contributed by atoms with Crippen molar-refractivity contribution >= 4 is 10.9 Å². The molecule has 2 heteroatoms. The van der Waals surface area contributed by atoms with Crippen molar-refractivity contribution < 1.29 is 0 Å². The average molecular weight is 282 g/mol. The van der Waals surface area contributed by atoms with Crippen LogP contribution in [0.3, 0.4) is 0 Å². The highest BCUT2D eigenvalue weighted by Crippen LogP contribution is 2.27. The van der Waals surface area contributed by atoms with Gasteiger partial charge >= 0.3 is 0 Å². The van der Waals surface area contributed by atoms with Gasteiger partial charge in [-0.2, -0.15) is 0 Å². The first-order chi connectivity index (χ1) is 10.3. The van der Waals surface area contributed by atoms with Crippen molar-refractivity contribution in [3.8, 4) is 0 Å². The van der Waals surface area contributed by atoms with Crippen molar-refractivity contribution in [3.05, 3.63) is 42.1 Å². The standard InChI is InChI=1S/C19H26N2/c20-17(12-10-15-6-2-1-3-7-15)14-18-13-11-16-8-4-5-9-19(16)21-18/h4-5,8-9,11,13,15,17H,1-3,6-7,10,12,14,20H2. The molecule has 2 N–H and O–H groups in total. The molecule has 1 fully saturated rings. The molecular weight excluding hydrogens is 256 g/mol. The zero-order chi connectivity index (χ0) is 14.5. The van der Waals surface area contributed by atoms with Gasteiger partial charge in [0.15, 0.2) is 0 Å². The van der Waals surface area contributed by atoms with Crippen LogP contribution in [0.25, 0.3) is 10.9 Å². The summed E-state index contributed by atoms with van der Waals surface area (Å²) in [4.78, 5) is 4.73. The topological polar surface area (TPSA) is 38.9 Å². The molecule has 1 heterocycles. The Kier molecular flexibility index (Phi) is 4.87. The minimum absolute atomic E-state index is 0.251. The third-order valence-electron chi connectivity index (χ3n) is 4.80. The van der Waals surface area contributed by atoms with Gasteiger partial charge in [-0.05, 0) is 30.9 Å². The van der Waals surface area contributed by atoms with E-state index in [1.165, 1.54) is 43.9 Å². The lowest BCUT2D eigenvalue weighted by molar-refractivity contribution is 0.322. The number of nitrogens with two attached hydrogens (primary N) is 1. The van der Waals surface area contributed by atoms with E-state index in [0.717, 1.165) is 30.0 Å². The van der Waals surface area contributed by atoms with E-state index in [4.69, 9.17) is 10.7 Å². The molecule has 1 aromatic heterocycles. The summed E-state index contributed by atoms with van der Waals surface area (Å²) in [5, 5.41) is 1.21. The number of aromatic nitrogens is 1. The number of rotatable bonds is 5. The van der Waals surface area contributed by atoms with E-state index < -0.39 is 0 Å². The maximum absolute atomic E-state index is 6.33. The Hall–Kier alpha value is -1.41. The monoisotopic (exact) mass is 282 g/mol. The molecule has 0 aliphatic heterocycles. The predicted octanol–water partition coefficient (Wildman–Crippen LogP) is 4.47. The number of hydrogen-bond acceptors (Lipinski definition) is 2. The lowest BCUT2D eigenvalue weighted by Crippen LogP contribution is -2.24. The fourth-order valence-electron chi connectivity index (χ4n) is 3.52. The molecule has 2 nitrogen and oxygen atoms in total. The molecule has 3 rings (SSSR count). The summed E-state index contributed by atoms with van der Waals surface area (Å²) in [6.45, 7) is 0. The fraction of sp³-hybridized carbons (Fsp3) is 0.526. The van der Waals surface area contributed by atoms with Gasteiger partial charge in [0, 0.05) is 23.5 Å². The van der Waals surface area contributed by atoms with Crippen LogP contribution in [0.15, 0.2) is 36.4 Å². The van der Waals surface area contributed by atoms with Gasteiger partial charge in [0.1, 0.15) is 0 Å². The van der Waals surface area contributed by atoms with E-state index in [0.29, 0.717) is 0 Å². The summed E-state index contributed by atoms with van der Waals surface area (Å²) in [7, 11) is 0. The van der Waals surface area contributed by atoms with Crippen molar-refractivity contribution in [1.29, 1.82) is 0 Å². The third kappa shape index (κ3) is 4.04. The van der Waals surface area contributed by atoms with E-state index in [9.17, 15) is 0 Å². The highest BCUT2D eigenvalue weighted by atomic mass is 14.7. The maximum Gasteiger partial charge on any atom is 0.0705 e. The molecule has 0 bridgehead atoms. The van der Waals surface area contributed by atoms with Gasteiger partial charge in [-0.1, -0.05) is 56.4 Å². The quantitative estimate of drug-likeness (QED) is 0.879. The molecule has 1 atom stereocenters. The van der Waals surface area contributed by atoms with Gasteiger partial charge in [0.2, 0.25) is 0 Å². The first kappa shape index (κ1) is 14.5. The van der Waals surface area contributed by atoms with Crippen LogP contribution in [0, 0.1) is 5.92 Å². The number of para-hydroxylation sites is 1. The third-order valence-corrected chi connectivity index (χ3v) is 4.80. The minimum atomic E-state index is 0.251. The molecule has 1 saturated carbocycles. The van der Waals surface area contributed by atoms with Crippen LogP contribution in [0.2, 0.25) is 0 Å². The molecule has 112 valence electrons. The number of fused-ring (bicyclic) bond motifs is 1. The van der Waals surface area contributed by atoms with Crippen molar-refractivity contribution in [1.82, 2.24) is 4.98 Å². The number of benzene rings is 1. The Bertz CT molecular complexity index is 573. The van der Waals surface area contributed by atoms with Gasteiger partial charge < -0.3 is 5.73 Å². The van der Waals surface area contributed by atoms with Crippen LogP contribution in [-0.4, -0.2) is 11.0 Å². The molecule has 1 unspecified atom stereocenters. The summed E-state index contributed by atoms with van der Waals surface area (Å²) < 4.78 is 0. The van der Waals surface area contributed by atoms with Gasteiger partial charge in [-0.15, -0.1) is 0 Å². The van der Waals surface area contributed by atoms with E-state index in [1.807, 2.05) is 6.07 Å². The molecular formula is C19H26N2. The molecule has 0 spiro atoms. The number of nitrogens with zero attached hydrogens (tertiary/aromatic N) is 1. The van der Waals surface area contributed by atoms with E-state index in [2.05, 4.69) is 30.3 Å². The summed E-state index contributed by atoms with van der Waals surface area (Å²) in [6, 6.07) is 12.8. The normalized spacial score (nSPS) is 18.0. The Balaban J connectivity index is 1.54. The van der Waals surface area contributed by atoms with Crippen molar-refractivity contribution in [2.24, 2.45) is 11.7 Å². The number of pyridine rings is 1. The SMILES string of the molecule is NC(CCC1CCCCC1)Cc1ccc2ccccc2n1. The molecule has 1 aliphatic rings. The zero-order valence-corrected chi connectivity index (χ0v) is 12.8. The first-order valence-corrected chi connectivity index (χ1v) is 8.41. The second-order valence-corrected chi connectivity index (χ2v) is 6.54. The zero-order valence-electron chi connectivity index (χ0n) is 12.8. The largest absolute Gasteiger partial charge is 0.327 e. The van der Waals surface area contributed by atoms with Crippen LogP contribution in [0.5, 0.6) is 0 Å². The maximum atomic E-state index is 6.33. The van der Waals surface area contributed by atoms with Crippen molar-refractivity contribution in [2.45, 2.75) is 57.4 Å². The fourth-order valence-corrected chi connectivity index (χ4v) is 3.52. The highest BCUT2D eigenvalue weighted by molar-refractivity contribution is 5.78. The van der Waals surface area contributed by atoms with Crippen LogP contribution in [0.1, 0.15) is 50.6 Å². The molecule has 21 heavy (non-hydrogen) atoms. The highest BCUT2D eigenvalue weighted by Gasteiger charge is 2.15. The molecule has 2 aromatic rings. The second-order valence-electron chi connectivity index (χ2n) is 6.54. The molecule has 0 amide bonds. The Morgan fingerprint density at radius 2 is 1.86 bits per heavy atom. The predicted molar refractivity (Wildman–Crippen MR) is 89.2 cm³/mol. The average Bonchev–Trinajstić information content (AvgIpc) is 2.54. The van der Waals surface area contributed by atoms with E-state index in [1.54, 1.807) is 0 Å². The van der Waals surface area contributed by atoms with E-state index in [-0.39, 0.29) is 6.04 Å². The smallest absolute Gasteiger partial charge is 0.0705 e. The van der Waals surface area contributed by atoms with Gasteiger partial charge in [0.05, 0.1) is 5.52 Å². The minimum Gasteiger partial charge on any atom is -0.327 e. The van der Waals surface area contributed by atoms with Gasteiger partial charge in [-0.3, -0.25) is 4.98 Å². The summed E-state index contributed by atoms with van der Waals surface area (Å²) in [5.74, 6) is 0.925. The van der Waals surface area contributed by atoms with Crippen LogP contribution in [0.4, 0.5) is 0 Å². The summed E-state index contributed by atoms with van der Waals surface area (Å²) in [5.41, 5.74) is 8.53. The lowest BCUT2D eigenvalue weighted by atomic mass is 9.85. The van der Waals surface area contributed by atoms with E-state index >= 15 is 0 Å². The van der Waals surface area contributed by atoms with Crippen molar-refractivity contribution in [3.63, 3.8) is 0 Å². The van der Waals surface area contributed by atoms with Gasteiger partial charge in [0.25, 0.3) is 0 Å². The Labute approximate surface area is 127 Å².